The molecule has 1 aliphatic rings. The van der Waals surface area contributed by atoms with Crippen molar-refractivity contribution in [2.24, 2.45) is 5.84 Å². The van der Waals surface area contributed by atoms with Crippen LogP contribution in [0.3, 0.4) is 0 Å². The van der Waals surface area contributed by atoms with Crippen LogP contribution < -0.4 is 16.0 Å². The van der Waals surface area contributed by atoms with Crippen LogP contribution in [0.2, 0.25) is 0 Å². The van der Waals surface area contributed by atoms with E-state index in [0.717, 1.165) is 33.4 Å². The fourth-order valence-electron chi connectivity index (χ4n) is 2.88. The van der Waals surface area contributed by atoms with E-state index < -0.39 is 0 Å². The third-order valence-electron chi connectivity index (χ3n) is 4.01. The van der Waals surface area contributed by atoms with Crippen molar-refractivity contribution in [1.29, 1.82) is 5.26 Å². The van der Waals surface area contributed by atoms with Gasteiger partial charge in [0.2, 0.25) is 0 Å². The molecular formula is C18H16IN3O. The Balaban J connectivity index is 1.86. The Morgan fingerprint density at radius 1 is 1.35 bits per heavy atom. The van der Waals surface area contributed by atoms with Crippen LogP contribution in [0.15, 0.2) is 43.0 Å². The molecule has 5 heteroatoms. The first-order chi connectivity index (χ1) is 11.1. The SMILES string of the molecule is C=C(I)c1cc(O[C@H]2CCc3cc(C#N)ccc32)ccc1NN. The van der Waals surface area contributed by atoms with Gasteiger partial charge in [-0.25, -0.2) is 0 Å². The molecule has 0 radical (unpaired) electrons. The van der Waals surface area contributed by atoms with Crippen LogP contribution in [0.4, 0.5) is 5.69 Å². The number of nitrogens with two attached hydrogens (primary N) is 1. The minimum Gasteiger partial charge on any atom is -0.486 e. The van der Waals surface area contributed by atoms with E-state index in [0.29, 0.717) is 5.56 Å². The molecule has 3 rings (SSSR count). The largest absolute Gasteiger partial charge is 0.486 e. The smallest absolute Gasteiger partial charge is 0.124 e. The molecule has 0 fully saturated rings. The van der Waals surface area contributed by atoms with Gasteiger partial charge in [-0.15, -0.1) is 0 Å². The average molecular weight is 417 g/mol. The van der Waals surface area contributed by atoms with E-state index >= 15 is 0 Å². The molecule has 0 saturated carbocycles. The number of nitrogens with zero attached hydrogens (tertiary/aromatic N) is 1. The van der Waals surface area contributed by atoms with Gasteiger partial charge in [-0.2, -0.15) is 5.26 Å². The molecule has 0 spiro atoms. The highest BCUT2D eigenvalue weighted by atomic mass is 127. The summed E-state index contributed by atoms with van der Waals surface area (Å²) in [5.74, 6) is 6.32. The van der Waals surface area contributed by atoms with E-state index in [4.69, 9.17) is 15.8 Å². The molecule has 23 heavy (non-hydrogen) atoms. The van der Waals surface area contributed by atoms with Gasteiger partial charge in [-0.3, -0.25) is 5.84 Å². The van der Waals surface area contributed by atoms with Gasteiger partial charge in [-0.05, 0) is 76.9 Å². The Morgan fingerprint density at radius 2 is 2.17 bits per heavy atom. The van der Waals surface area contributed by atoms with Crippen LogP contribution >= 0.6 is 22.6 Å². The van der Waals surface area contributed by atoms with Crippen LogP contribution in [0.5, 0.6) is 5.75 Å². The second kappa shape index (κ2) is 6.60. The molecule has 4 nitrogen and oxygen atoms in total. The third kappa shape index (κ3) is 3.19. The van der Waals surface area contributed by atoms with E-state index in [1.165, 1.54) is 11.1 Å². The highest BCUT2D eigenvalue weighted by Gasteiger charge is 2.24. The summed E-state index contributed by atoms with van der Waals surface area (Å²) in [7, 11) is 0. The number of ether oxygens (including phenoxy) is 1. The maximum Gasteiger partial charge on any atom is 0.124 e. The lowest BCUT2D eigenvalue weighted by molar-refractivity contribution is 0.207. The predicted octanol–water partition coefficient (Wildman–Crippen LogP) is 4.32. The number of hydrazine groups is 1. The minimum atomic E-state index is 0.0183. The minimum absolute atomic E-state index is 0.0183. The zero-order chi connectivity index (χ0) is 16.4. The summed E-state index contributed by atoms with van der Waals surface area (Å²) in [6.07, 6.45) is 1.87. The van der Waals surface area contributed by atoms with Crippen molar-refractivity contribution in [3.05, 3.63) is 65.2 Å². The summed E-state index contributed by atoms with van der Waals surface area (Å²) in [4.78, 5) is 0. The molecular weight excluding hydrogens is 401 g/mol. The molecule has 3 N–H and O–H groups in total. The molecule has 0 amide bonds. The first-order valence-electron chi connectivity index (χ1n) is 7.27. The third-order valence-corrected chi connectivity index (χ3v) is 4.59. The van der Waals surface area contributed by atoms with Gasteiger partial charge in [0, 0.05) is 9.14 Å². The highest BCUT2D eigenvalue weighted by Crippen LogP contribution is 2.37. The summed E-state index contributed by atoms with van der Waals surface area (Å²) in [5, 5.41) is 9.00. The van der Waals surface area contributed by atoms with Gasteiger partial charge in [0.05, 0.1) is 17.3 Å². The highest BCUT2D eigenvalue weighted by molar-refractivity contribution is 14.1. The van der Waals surface area contributed by atoms with E-state index in [1.807, 2.05) is 36.4 Å². The predicted molar refractivity (Wildman–Crippen MR) is 100 cm³/mol. The molecule has 116 valence electrons. The molecule has 2 aromatic carbocycles. The quantitative estimate of drug-likeness (QED) is 0.442. The number of hydrogen-bond donors (Lipinski definition) is 2. The zero-order valence-corrected chi connectivity index (χ0v) is 14.6. The van der Waals surface area contributed by atoms with Crippen molar-refractivity contribution >= 4 is 31.9 Å². The first-order valence-corrected chi connectivity index (χ1v) is 8.35. The van der Waals surface area contributed by atoms with Crippen LogP contribution in [0, 0.1) is 11.3 Å². The van der Waals surface area contributed by atoms with Gasteiger partial charge in [0.15, 0.2) is 0 Å². The summed E-state index contributed by atoms with van der Waals surface area (Å²) >= 11 is 2.17. The van der Waals surface area contributed by atoms with Crippen LogP contribution in [-0.4, -0.2) is 0 Å². The van der Waals surface area contributed by atoms with Crippen molar-refractivity contribution in [3.63, 3.8) is 0 Å². The number of nitriles is 1. The summed E-state index contributed by atoms with van der Waals surface area (Å²) in [5.41, 5.74) is 7.50. The maximum absolute atomic E-state index is 9.00. The van der Waals surface area contributed by atoms with E-state index in [-0.39, 0.29) is 6.10 Å². The number of nitrogens with one attached hydrogen (secondary N) is 1. The number of fused-ring (bicyclic) bond motifs is 1. The lowest BCUT2D eigenvalue weighted by Gasteiger charge is -2.17. The van der Waals surface area contributed by atoms with Crippen molar-refractivity contribution in [2.75, 3.05) is 5.43 Å². The number of rotatable bonds is 4. The normalized spacial score (nSPS) is 15.6. The number of anilines is 1. The number of aryl methyl sites for hydroxylation is 1. The Labute approximate surface area is 149 Å². The Kier molecular flexibility index (Phi) is 4.55. The maximum atomic E-state index is 9.00. The average Bonchev–Trinajstić information content (AvgIpc) is 2.96. The standard InChI is InChI=1S/C18H16IN3O/c1-11(19)16-9-14(4-6-17(16)22-21)23-18-7-3-13-8-12(10-20)2-5-15(13)18/h2,4-6,8-9,18,22H,1,3,7,21H2/t18-/m0/s1. The van der Waals surface area contributed by atoms with E-state index in [9.17, 15) is 0 Å². The van der Waals surface area contributed by atoms with E-state index in [1.54, 1.807) is 0 Å². The monoisotopic (exact) mass is 417 g/mol. The summed E-state index contributed by atoms with van der Waals surface area (Å²) < 4.78 is 7.06. The zero-order valence-electron chi connectivity index (χ0n) is 12.5. The Bertz CT molecular complexity index is 810. The molecule has 2 aromatic rings. The van der Waals surface area contributed by atoms with Crippen LogP contribution in [0.25, 0.3) is 3.58 Å². The molecule has 0 unspecified atom stereocenters. The molecule has 0 aromatic heterocycles. The van der Waals surface area contributed by atoms with Crippen LogP contribution in [-0.2, 0) is 6.42 Å². The van der Waals surface area contributed by atoms with Crippen molar-refractivity contribution < 1.29 is 4.74 Å². The molecule has 1 aliphatic carbocycles. The van der Waals surface area contributed by atoms with Gasteiger partial charge in [0.1, 0.15) is 11.9 Å². The second-order valence-electron chi connectivity index (χ2n) is 5.43. The molecule has 0 heterocycles. The summed E-state index contributed by atoms with van der Waals surface area (Å²) in [6.45, 7) is 3.97. The van der Waals surface area contributed by atoms with Crippen LogP contribution in [0.1, 0.15) is 34.8 Å². The van der Waals surface area contributed by atoms with E-state index in [2.05, 4.69) is 40.7 Å². The number of nitrogen functional groups attached to an aromatic ring is 1. The van der Waals surface area contributed by atoms with Gasteiger partial charge >= 0.3 is 0 Å². The lowest BCUT2D eigenvalue weighted by Crippen LogP contribution is -2.09. The summed E-state index contributed by atoms with van der Waals surface area (Å²) in [6, 6.07) is 13.7. The Morgan fingerprint density at radius 3 is 2.87 bits per heavy atom. The number of halogens is 1. The topological polar surface area (TPSA) is 71.1 Å². The number of benzene rings is 2. The Hall–Kier alpha value is -2.04. The molecule has 0 bridgehead atoms. The van der Waals surface area contributed by atoms with Gasteiger partial charge < -0.3 is 10.2 Å². The second-order valence-corrected chi connectivity index (χ2v) is 6.73. The molecule has 0 saturated heterocycles. The van der Waals surface area contributed by atoms with Gasteiger partial charge in [-0.1, -0.05) is 12.6 Å². The fourth-order valence-corrected chi connectivity index (χ4v) is 3.33. The van der Waals surface area contributed by atoms with Crippen molar-refractivity contribution in [3.8, 4) is 11.8 Å². The van der Waals surface area contributed by atoms with Crippen molar-refractivity contribution in [1.82, 2.24) is 0 Å². The lowest BCUT2D eigenvalue weighted by atomic mass is 10.1. The van der Waals surface area contributed by atoms with Crippen molar-refractivity contribution in [2.45, 2.75) is 18.9 Å². The van der Waals surface area contributed by atoms with Gasteiger partial charge in [0.25, 0.3) is 0 Å². The first kappa shape index (κ1) is 15.8. The fraction of sp³-hybridized carbons (Fsp3) is 0.167. The number of hydrogen-bond acceptors (Lipinski definition) is 4. The molecule has 1 atom stereocenters. The molecule has 0 aliphatic heterocycles.